The lowest BCUT2D eigenvalue weighted by Crippen LogP contribution is -2.62. The van der Waals surface area contributed by atoms with Gasteiger partial charge in [0, 0.05) is 18.6 Å². The van der Waals surface area contributed by atoms with Crippen LogP contribution in [0.4, 0.5) is 0 Å². The molecule has 0 atom stereocenters. The minimum atomic E-state index is 0.271. The summed E-state index contributed by atoms with van der Waals surface area (Å²) in [6, 6.07) is 8.67. The van der Waals surface area contributed by atoms with Gasteiger partial charge in [-0.1, -0.05) is 36.2 Å². The quantitative estimate of drug-likeness (QED) is 0.584. The Labute approximate surface area is 171 Å². The van der Waals surface area contributed by atoms with Gasteiger partial charge >= 0.3 is 0 Å². The fourth-order valence-corrected chi connectivity index (χ4v) is 4.46. The smallest absolute Gasteiger partial charge is 0.191 e. The van der Waals surface area contributed by atoms with E-state index in [0.29, 0.717) is 0 Å². The van der Waals surface area contributed by atoms with E-state index in [1.807, 2.05) is 0 Å². The second-order valence-electron chi connectivity index (χ2n) is 8.61. The Balaban J connectivity index is 1.66. The van der Waals surface area contributed by atoms with Crippen molar-refractivity contribution in [2.75, 3.05) is 46.3 Å². The first-order chi connectivity index (χ1) is 13.6. The van der Waals surface area contributed by atoms with E-state index < -0.39 is 0 Å². The maximum atomic E-state index is 4.85. The molecule has 2 fully saturated rings. The van der Waals surface area contributed by atoms with Crippen LogP contribution in [0.5, 0.6) is 0 Å². The molecule has 1 aromatic carbocycles. The fourth-order valence-electron chi connectivity index (χ4n) is 4.46. The number of likely N-dealkylation sites (tertiary alicyclic amines) is 2. The predicted octanol–water partition coefficient (Wildman–Crippen LogP) is 3.00. The fraction of sp³-hybridized carbons (Fsp3) is 0.696. The molecular weight excluding hydrogens is 346 g/mol. The number of piperidine rings is 2. The summed E-state index contributed by atoms with van der Waals surface area (Å²) in [4.78, 5) is 10.1. The lowest BCUT2D eigenvalue weighted by molar-refractivity contribution is 0.0173. The van der Waals surface area contributed by atoms with Gasteiger partial charge in [-0.25, -0.2) is 4.99 Å². The highest BCUT2D eigenvalue weighted by molar-refractivity contribution is 5.79. The molecule has 3 rings (SSSR count). The summed E-state index contributed by atoms with van der Waals surface area (Å²) in [6.07, 6.45) is 6.57. The van der Waals surface area contributed by atoms with Gasteiger partial charge in [0.25, 0.3) is 0 Å². The molecule has 2 saturated heterocycles. The summed E-state index contributed by atoms with van der Waals surface area (Å²) < 4.78 is 0. The molecule has 2 aliphatic heterocycles. The number of guanidine groups is 1. The average molecular weight is 386 g/mol. The van der Waals surface area contributed by atoms with Gasteiger partial charge < -0.3 is 15.5 Å². The van der Waals surface area contributed by atoms with Crippen LogP contribution in [0.1, 0.15) is 50.2 Å². The van der Waals surface area contributed by atoms with Crippen LogP contribution in [-0.4, -0.2) is 67.6 Å². The van der Waals surface area contributed by atoms with Gasteiger partial charge in [-0.2, -0.15) is 0 Å². The van der Waals surface area contributed by atoms with Crippen LogP contribution in [0.3, 0.4) is 0 Å². The molecule has 0 amide bonds. The molecule has 156 valence electrons. The molecule has 0 unspecified atom stereocenters. The van der Waals surface area contributed by atoms with Gasteiger partial charge in [-0.3, -0.25) is 4.90 Å². The van der Waals surface area contributed by atoms with Crippen molar-refractivity contribution in [2.45, 2.75) is 58.0 Å². The molecule has 2 heterocycles. The number of hydrogen-bond donors (Lipinski definition) is 2. The third-order valence-electron chi connectivity index (χ3n) is 6.41. The van der Waals surface area contributed by atoms with Crippen molar-refractivity contribution in [1.29, 1.82) is 0 Å². The molecule has 0 radical (unpaired) electrons. The zero-order chi connectivity index (χ0) is 19.8. The van der Waals surface area contributed by atoms with Crippen molar-refractivity contribution in [1.82, 2.24) is 20.4 Å². The lowest BCUT2D eigenvalue weighted by Gasteiger charge is -2.50. The number of benzene rings is 1. The van der Waals surface area contributed by atoms with Crippen LogP contribution in [0.15, 0.2) is 29.3 Å². The molecule has 2 N–H and O–H groups in total. The molecule has 0 saturated carbocycles. The predicted molar refractivity (Wildman–Crippen MR) is 119 cm³/mol. The van der Waals surface area contributed by atoms with Crippen LogP contribution in [-0.2, 0) is 6.54 Å². The summed E-state index contributed by atoms with van der Waals surface area (Å²) in [7, 11) is 2.25. The molecule has 0 aliphatic carbocycles. The zero-order valence-corrected chi connectivity index (χ0v) is 18.1. The summed E-state index contributed by atoms with van der Waals surface area (Å²) in [6.45, 7) is 11.7. The minimum Gasteiger partial charge on any atom is -0.357 e. The normalized spacial score (nSPS) is 21.5. The highest BCUT2D eigenvalue weighted by Gasteiger charge is 2.39. The molecular formula is C23H39N5. The van der Waals surface area contributed by atoms with Crippen LogP contribution in [0, 0.1) is 6.92 Å². The van der Waals surface area contributed by atoms with E-state index in [9.17, 15) is 0 Å². The van der Waals surface area contributed by atoms with Crippen LogP contribution in [0.2, 0.25) is 0 Å². The Hall–Kier alpha value is -1.59. The molecule has 5 nitrogen and oxygen atoms in total. The highest BCUT2D eigenvalue weighted by Crippen LogP contribution is 2.30. The number of aryl methyl sites for hydroxylation is 1. The van der Waals surface area contributed by atoms with Crippen LogP contribution in [0.25, 0.3) is 0 Å². The average Bonchev–Trinajstić information content (AvgIpc) is 2.73. The van der Waals surface area contributed by atoms with Crippen LogP contribution < -0.4 is 10.6 Å². The van der Waals surface area contributed by atoms with E-state index in [-0.39, 0.29) is 5.54 Å². The molecule has 1 aromatic rings. The summed E-state index contributed by atoms with van der Waals surface area (Å²) in [5, 5.41) is 7.15. The first-order valence-electron chi connectivity index (χ1n) is 11.1. The van der Waals surface area contributed by atoms with E-state index in [4.69, 9.17) is 4.99 Å². The Bertz CT molecular complexity index is 610. The largest absolute Gasteiger partial charge is 0.357 e. The van der Waals surface area contributed by atoms with Gasteiger partial charge in [0.1, 0.15) is 0 Å². The highest BCUT2D eigenvalue weighted by atomic mass is 15.3. The SMILES string of the molecule is CCNC(=NCc1ccc(C)cc1)NCC1(N2CCCCC2)CCN(C)CC1. The number of hydrogen-bond acceptors (Lipinski definition) is 3. The topological polar surface area (TPSA) is 42.9 Å². The van der Waals surface area contributed by atoms with E-state index in [2.05, 4.69) is 65.6 Å². The van der Waals surface area contributed by atoms with Gasteiger partial charge in [-0.05, 0) is 78.3 Å². The van der Waals surface area contributed by atoms with E-state index >= 15 is 0 Å². The van der Waals surface area contributed by atoms with Gasteiger partial charge in [-0.15, -0.1) is 0 Å². The number of aliphatic imine (C=N–C) groups is 1. The maximum absolute atomic E-state index is 4.85. The Morgan fingerprint density at radius 1 is 1.00 bits per heavy atom. The van der Waals surface area contributed by atoms with Crippen molar-refractivity contribution < 1.29 is 0 Å². The van der Waals surface area contributed by atoms with Gasteiger partial charge in [0.15, 0.2) is 5.96 Å². The van der Waals surface area contributed by atoms with Crippen molar-refractivity contribution >= 4 is 5.96 Å². The van der Waals surface area contributed by atoms with Crippen molar-refractivity contribution in [3.63, 3.8) is 0 Å². The van der Waals surface area contributed by atoms with Gasteiger partial charge in [0.05, 0.1) is 6.54 Å². The molecule has 0 aromatic heterocycles. The number of nitrogens with one attached hydrogen (secondary N) is 2. The van der Waals surface area contributed by atoms with E-state index in [0.717, 1.165) is 25.6 Å². The Morgan fingerprint density at radius 2 is 1.68 bits per heavy atom. The van der Waals surface area contributed by atoms with Crippen LogP contribution >= 0.6 is 0 Å². The third-order valence-corrected chi connectivity index (χ3v) is 6.41. The summed E-state index contributed by atoms with van der Waals surface area (Å²) in [5.41, 5.74) is 2.82. The standard InChI is InChI=1S/C23H39N5/c1-4-24-22(25-18-21-10-8-20(2)9-11-21)26-19-23(12-16-27(3)17-13-23)28-14-6-5-7-15-28/h8-11H,4-7,12-19H2,1-3H3,(H2,24,25,26). The molecule has 0 spiro atoms. The Kier molecular flexibility index (Phi) is 7.74. The van der Waals surface area contributed by atoms with Crippen molar-refractivity contribution in [3.05, 3.63) is 35.4 Å². The van der Waals surface area contributed by atoms with E-state index in [1.165, 1.54) is 69.4 Å². The number of nitrogens with zero attached hydrogens (tertiary/aromatic N) is 3. The maximum Gasteiger partial charge on any atom is 0.191 e. The first-order valence-corrected chi connectivity index (χ1v) is 11.1. The molecule has 28 heavy (non-hydrogen) atoms. The summed E-state index contributed by atoms with van der Waals surface area (Å²) >= 11 is 0. The lowest BCUT2D eigenvalue weighted by atomic mass is 9.84. The molecule has 2 aliphatic rings. The van der Waals surface area contributed by atoms with Crippen molar-refractivity contribution in [3.8, 4) is 0 Å². The molecule has 0 bridgehead atoms. The molecule has 5 heteroatoms. The zero-order valence-electron chi connectivity index (χ0n) is 18.1. The monoisotopic (exact) mass is 385 g/mol. The van der Waals surface area contributed by atoms with Crippen molar-refractivity contribution in [2.24, 2.45) is 4.99 Å². The second kappa shape index (κ2) is 10.3. The van der Waals surface area contributed by atoms with E-state index in [1.54, 1.807) is 0 Å². The van der Waals surface area contributed by atoms with Gasteiger partial charge in [0.2, 0.25) is 0 Å². The first kappa shape index (κ1) is 21.1. The summed E-state index contributed by atoms with van der Waals surface area (Å²) in [5.74, 6) is 0.943. The Morgan fingerprint density at radius 3 is 2.32 bits per heavy atom. The minimum absolute atomic E-state index is 0.271. The number of rotatable bonds is 6. The second-order valence-corrected chi connectivity index (χ2v) is 8.61. The third kappa shape index (κ3) is 5.71.